The van der Waals surface area contributed by atoms with Gasteiger partial charge in [0.1, 0.15) is 17.7 Å². The van der Waals surface area contributed by atoms with Crippen molar-refractivity contribution >= 4 is 27.3 Å². The average molecular weight is 344 g/mol. The van der Waals surface area contributed by atoms with Crippen LogP contribution in [0.15, 0.2) is 34.1 Å². The van der Waals surface area contributed by atoms with Gasteiger partial charge >= 0.3 is 0 Å². The summed E-state index contributed by atoms with van der Waals surface area (Å²) in [6.45, 7) is 3.94. The molecule has 0 spiro atoms. The minimum absolute atomic E-state index is 0.158. The maximum Gasteiger partial charge on any atom is 0.148 e. The Kier molecular flexibility index (Phi) is 4.60. The van der Waals surface area contributed by atoms with Gasteiger partial charge in [0.25, 0.3) is 0 Å². The van der Waals surface area contributed by atoms with Gasteiger partial charge in [0.15, 0.2) is 0 Å². The van der Waals surface area contributed by atoms with E-state index in [-0.39, 0.29) is 18.0 Å². The van der Waals surface area contributed by atoms with Crippen LogP contribution in [0, 0.1) is 12.7 Å². The summed E-state index contributed by atoms with van der Waals surface area (Å²) in [5.74, 6) is 0.292. The van der Waals surface area contributed by atoms with Gasteiger partial charge in [0, 0.05) is 10.9 Å². The van der Waals surface area contributed by atoms with Crippen molar-refractivity contribution in [3.63, 3.8) is 0 Å². The first-order valence-electron chi connectivity index (χ1n) is 5.90. The van der Waals surface area contributed by atoms with Gasteiger partial charge in [-0.25, -0.2) is 4.39 Å². The molecule has 0 aliphatic heterocycles. The normalized spacial score (nSPS) is 14.2. The predicted molar refractivity (Wildman–Crippen MR) is 80.2 cm³/mol. The quantitative estimate of drug-likeness (QED) is 0.891. The Morgan fingerprint density at radius 1 is 1.37 bits per heavy atom. The summed E-state index contributed by atoms with van der Waals surface area (Å²) in [7, 11) is 0. The number of benzene rings is 1. The highest BCUT2D eigenvalue weighted by Crippen LogP contribution is 2.34. The molecule has 2 aromatic rings. The van der Waals surface area contributed by atoms with Crippen LogP contribution in [0.5, 0.6) is 5.75 Å². The van der Waals surface area contributed by atoms with Gasteiger partial charge in [-0.1, -0.05) is 0 Å². The van der Waals surface area contributed by atoms with Gasteiger partial charge in [-0.15, -0.1) is 11.3 Å². The van der Waals surface area contributed by atoms with Crippen molar-refractivity contribution in [1.82, 2.24) is 0 Å². The first-order chi connectivity index (χ1) is 8.99. The molecule has 5 heteroatoms. The Morgan fingerprint density at radius 3 is 2.63 bits per heavy atom. The molecule has 0 saturated heterocycles. The highest BCUT2D eigenvalue weighted by molar-refractivity contribution is 9.10. The zero-order valence-electron chi connectivity index (χ0n) is 10.7. The van der Waals surface area contributed by atoms with Crippen LogP contribution in [-0.4, -0.2) is 6.04 Å². The van der Waals surface area contributed by atoms with Crippen LogP contribution >= 0.6 is 27.3 Å². The van der Waals surface area contributed by atoms with Crippen molar-refractivity contribution in [3.05, 3.63) is 50.4 Å². The van der Waals surface area contributed by atoms with Crippen LogP contribution in [0.2, 0.25) is 0 Å². The Morgan fingerprint density at radius 2 is 2.11 bits per heavy atom. The van der Waals surface area contributed by atoms with Crippen LogP contribution in [-0.2, 0) is 0 Å². The van der Waals surface area contributed by atoms with E-state index in [0.717, 1.165) is 10.4 Å². The fraction of sp³-hybridized carbons (Fsp3) is 0.286. The van der Waals surface area contributed by atoms with E-state index < -0.39 is 0 Å². The molecule has 2 rings (SSSR count). The Balaban J connectivity index is 2.29. The standard InChI is InChI=1S/C14H15BrFNOS/c1-8-5-6-19-14(8)13(9(2)17)18-12-4-3-10(16)7-11(12)15/h3-7,9,13H,17H2,1-2H3. The zero-order valence-corrected chi connectivity index (χ0v) is 13.1. The molecule has 0 radical (unpaired) electrons. The lowest BCUT2D eigenvalue weighted by Gasteiger charge is -2.23. The fourth-order valence-corrected chi connectivity index (χ4v) is 3.30. The third-order valence-electron chi connectivity index (χ3n) is 2.79. The lowest BCUT2D eigenvalue weighted by atomic mass is 10.1. The second kappa shape index (κ2) is 6.03. The molecule has 1 heterocycles. The van der Waals surface area contributed by atoms with Gasteiger partial charge < -0.3 is 10.5 Å². The Labute approximate surface area is 124 Å². The van der Waals surface area contributed by atoms with Gasteiger partial charge in [-0.2, -0.15) is 0 Å². The van der Waals surface area contributed by atoms with Gasteiger partial charge in [0.05, 0.1) is 4.47 Å². The number of thiophene rings is 1. The Hall–Kier alpha value is -0.910. The molecular formula is C14H15BrFNOS. The predicted octanol–water partition coefficient (Wildman–Crippen LogP) is 4.43. The minimum atomic E-state index is -0.302. The summed E-state index contributed by atoms with van der Waals surface area (Å²) in [6, 6.07) is 6.25. The van der Waals surface area contributed by atoms with Crippen LogP contribution < -0.4 is 10.5 Å². The van der Waals surface area contributed by atoms with E-state index in [0.29, 0.717) is 10.2 Å². The van der Waals surface area contributed by atoms with E-state index in [1.54, 1.807) is 17.4 Å². The van der Waals surface area contributed by atoms with E-state index in [9.17, 15) is 4.39 Å². The second-order valence-electron chi connectivity index (χ2n) is 4.44. The van der Waals surface area contributed by atoms with Crippen LogP contribution in [0.3, 0.4) is 0 Å². The third-order valence-corrected chi connectivity index (χ3v) is 4.49. The smallest absolute Gasteiger partial charge is 0.148 e. The highest BCUT2D eigenvalue weighted by atomic mass is 79.9. The van der Waals surface area contributed by atoms with Crippen molar-refractivity contribution in [2.24, 2.45) is 5.73 Å². The molecule has 0 saturated carbocycles. The zero-order chi connectivity index (χ0) is 14.0. The van der Waals surface area contributed by atoms with Crippen molar-refractivity contribution in [1.29, 1.82) is 0 Å². The number of nitrogens with two attached hydrogens (primary N) is 1. The maximum atomic E-state index is 13.1. The summed E-state index contributed by atoms with van der Waals surface area (Å²) in [5.41, 5.74) is 7.17. The summed E-state index contributed by atoms with van der Waals surface area (Å²) >= 11 is 4.92. The highest BCUT2D eigenvalue weighted by Gasteiger charge is 2.22. The van der Waals surface area contributed by atoms with Crippen LogP contribution in [0.1, 0.15) is 23.5 Å². The number of hydrogen-bond donors (Lipinski definition) is 1. The van der Waals surface area contributed by atoms with Crippen molar-refractivity contribution in [2.75, 3.05) is 0 Å². The first-order valence-corrected chi connectivity index (χ1v) is 7.57. The number of ether oxygens (including phenoxy) is 1. The molecule has 102 valence electrons. The molecule has 0 fully saturated rings. The molecule has 0 aliphatic carbocycles. The van der Waals surface area contributed by atoms with Crippen LogP contribution in [0.4, 0.5) is 4.39 Å². The molecular weight excluding hydrogens is 329 g/mol. The molecule has 1 aromatic carbocycles. The van der Waals surface area contributed by atoms with E-state index in [4.69, 9.17) is 10.5 Å². The summed E-state index contributed by atoms with van der Waals surface area (Å²) in [4.78, 5) is 1.10. The molecule has 2 N–H and O–H groups in total. The Bertz CT molecular complexity index is 570. The molecule has 19 heavy (non-hydrogen) atoms. The van der Waals surface area contributed by atoms with Gasteiger partial charge in [-0.05, 0) is 65.0 Å². The fourth-order valence-electron chi connectivity index (χ4n) is 1.78. The summed E-state index contributed by atoms with van der Waals surface area (Å²) in [5, 5.41) is 2.02. The molecule has 0 bridgehead atoms. The second-order valence-corrected chi connectivity index (χ2v) is 6.24. The molecule has 2 atom stereocenters. The molecule has 0 amide bonds. The van der Waals surface area contributed by atoms with E-state index in [1.165, 1.54) is 12.1 Å². The summed E-state index contributed by atoms with van der Waals surface area (Å²) in [6.07, 6.45) is -0.234. The van der Waals surface area contributed by atoms with Gasteiger partial charge in [0.2, 0.25) is 0 Å². The van der Waals surface area contributed by atoms with Crippen molar-refractivity contribution in [3.8, 4) is 5.75 Å². The SMILES string of the molecule is Cc1ccsc1C(Oc1ccc(F)cc1Br)C(C)N. The lowest BCUT2D eigenvalue weighted by Crippen LogP contribution is -2.29. The largest absolute Gasteiger partial charge is 0.482 e. The van der Waals surface area contributed by atoms with Crippen molar-refractivity contribution in [2.45, 2.75) is 26.0 Å². The topological polar surface area (TPSA) is 35.2 Å². The number of rotatable bonds is 4. The van der Waals surface area contributed by atoms with E-state index in [2.05, 4.69) is 15.9 Å². The molecule has 0 aliphatic rings. The third kappa shape index (κ3) is 3.35. The first kappa shape index (κ1) is 14.5. The molecule has 2 nitrogen and oxygen atoms in total. The minimum Gasteiger partial charge on any atom is -0.482 e. The molecule has 2 unspecified atom stereocenters. The monoisotopic (exact) mass is 343 g/mol. The number of aryl methyl sites for hydroxylation is 1. The van der Waals surface area contributed by atoms with Crippen LogP contribution in [0.25, 0.3) is 0 Å². The maximum absolute atomic E-state index is 13.1. The van der Waals surface area contributed by atoms with Gasteiger partial charge in [-0.3, -0.25) is 0 Å². The number of hydrogen-bond acceptors (Lipinski definition) is 3. The lowest BCUT2D eigenvalue weighted by molar-refractivity contribution is 0.182. The van der Waals surface area contributed by atoms with E-state index in [1.807, 2.05) is 25.3 Å². The summed E-state index contributed by atoms with van der Waals surface area (Å²) < 4.78 is 19.6. The number of halogens is 2. The molecule has 1 aromatic heterocycles. The van der Waals surface area contributed by atoms with E-state index >= 15 is 0 Å². The average Bonchev–Trinajstić information content (AvgIpc) is 2.74. The van der Waals surface area contributed by atoms with Crippen molar-refractivity contribution < 1.29 is 9.13 Å².